The van der Waals surface area contributed by atoms with Gasteiger partial charge < -0.3 is 9.64 Å². The number of rotatable bonds is 7. The average Bonchev–Trinajstić information content (AvgIpc) is 3.30. The molecule has 154 valence electrons. The number of hydrogen-bond acceptors (Lipinski definition) is 3. The summed E-state index contributed by atoms with van der Waals surface area (Å²) in [4.78, 5) is 15.4. The van der Waals surface area contributed by atoms with Crippen LogP contribution in [0.3, 0.4) is 0 Å². The van der Waals surface area contributed by atoms with Gasteiger partial charge in [0.2, 0.25) is 5.91 Å². The van der Waals surface area contributed by atoms with Gasteiger partial charge in [-0.25, -0.2) is 0 Å². The van der Waals surface area contributed by atoms with Crippen molar-refractivity contribution in [1.82, 2.24) is 4.90 Å². The summed E-state index contributed by atoms with van der Waals surface area (Å²) < 4.78 is 5.91. The highest BCUT2D eigenvalue weighted by atomic mass is 32.2. The molecule has 0 aromatic heterocycles. The molecule has 0 radical (unpaired) electrons. The third-order valence-corrected chi connectivity index (χ3v) is 6.76. The summed E-state index contributed by atoms with van der Waals surface area (Å²) in [5.74, 6) is 1.96. The zero-order valence-electron chi connectivity index (χ0n) is 17.2. The summed E-state index contributed by atoms with van der Waals surface area (Å²) in [7, 11) is 0. The van der Waals surface area contributed by atoms with Crippen LogP contribution in [0, 0.1) is 0 Å². The van der Waals surface area contributed by atoms with E-state index in [-0.39, 0.29) is 17.2 Å². The first-order valence-corrected chi connectivity index (χ1v) is 11.5. The zero-order chi connectivity index (χ0) is 20.8. The van der Waals surface area contributed by atoms with Crippen LogP contribution >= 0.6 is 11.8 Å². The zero-order valence-corrected chi connectivity index (χ0v) is 18.1. The van der Waals surface area contributed by atoms with Gasteiger partial charge in [0.25, 0.3) is 0 Å². The second kappa shape index (κ2) is 9.86. The van der Waals surface area contributed by atoms with Gasteiger partial charge in [0.05, 0.1) is 5.92 Å². The topological polar surface area (TPSA) is 29.5 Å². The van der Waals surface area contributed by atoms with Crippen LogP contribution in [0.4, 0.5) is 0 Å². The highest BCUT2D eigenvalue weighted by Gasteiger charge is 2.34. The molecule has 1 aliphatic heterocycles. The molecule has 0 N–H and O–H groups in total. The molecule has 3 aromatic carbocycles. The van der Waals surface area contributed by atoms with Crippen molar-refractivity contribution >= 4 is 17.7 Å². The van der Waals surface area contributed by atoms with Gasteiger partial charge in [-0.15, -0.1) is 11.8 Å². The molecule has 1 amide bonds. The first-order chi connectivity index (χ1) is 14.8. The van der Waals surface area contributed by atoms with Gasteiger partial charge in [0.15, 0.2) is 0 Å². The molecular weight excluding hydrogens is 390 g/mol. The van der Waals surface area contributed by atoms with E-state index in [0.717, 1.165) is 41.2 Å². The molecule has 30 heavy (non-hydrogen) atoms. The van der Waals surface area contributed by atoms with Crippen molar-refractivity contribution in [1.29, 1.82) is 0 Å². The molecule has 1 saturated heterocycles. The van der Waals surface area contributed by atoms with Gasteiger partial charge in [-0.3, -0.25) is 4.79 Å². The van der Waals surface area contributed by atoms with E-state index in [1.165, 1.54) is 0 Å². The Morgan fingerprint density at radius 1 is 1.00 bits per heavy atom. The Morgan fingerprint density at radius 3 is 2.33 bits per heavy atom. The van der Waals surface area contributed by atoms with Gasteiger partial charge >= 0.3 is 0 Å². The molecule has 0 unspecified atom stereocenters. The van der Waals surface area contributed by atoms with Crippen LogP contribution in [-0.4, -0.2) is 23.1 Å². The highest BCUT2D eigenvalue weighted by Crippen LogP contribution is 2.40. The van der Waals surface area contributed by atoms with E-state index in [1.54, 1.807) is 0 Å². The molecule has 0 bridgehead atoms. The average molecular weight is 418 g/mol. The normalized spacial score (nSPS) is 17.0. The number of benzene rings is 3. The minimum Gasteiger partial charge on any atom is -0.489 e. The van der Waals surface area contributed by atoms with E-state index in [1.807, 2.05) is 65.2 Å². The maximum Gasteiger partial charge on any atom is 0.231 e. The molecule has 3 nitrogen and oxygen atoms in total. The van der Waals surface area contributed by atoms with Crippen molar-refractivity contribution in [2.75, 3.05) is 12.3 Å². The van der Waals surface area contributed by atoms with E-state index in [0.29, 0.717) is 6.61 Å². The number of carbonyl (C=O) groups excluding carboxylic acids is 1. The number of nitrogens with zero attached hydrogens (tertiary/aromatic N) is 1. The van der Waals surface area contributed by atoms with Gasteiger partial charge in [0.1, 0.15) is 17.7 Å². The van der Waals surface area contributed by atoms with Gasteiger partial charge in [-0.05, 0) is 35.2 Å². The predicted molar refractivity (Wildman–Crippen MR) is 124 cm³/mol. The Morgan fingerprint density at radius 2 is 1.67 bits per heavy atom. The maximum absolute atomic E-state index is 13.4. The molecule has 4 heteroatoms. The van der Waals surface area contributed by atoms with Crippen molar-refractivity contribution in [3.05, 3.63) is 102 Å². The summed E-state index contributed by atoms with van der Waals surface area (Å²) in [6.45, 7) is 3.44. The molecule has 0 saturated carbocycles. The second-order valence-electron chi connectivity index (χ2n) is 7.47. The third kappa shape index (κ3) is 4.71. The Balaban J connectivity index is 1.44. The minimum absolute atomic E-state index is 0.0680. The van der Waals surface area contributed by atoms with E-state index in [9.17, 15) is 4.79 Å². The van der Waals surface area contributed by atoms with Gasteiger partial charge in [-0.1, -0.05) is 79.7 Å². The Bertz CT molecular complexity index is 944. The van der Waals surface area contributed by atoms with Crippen LogP contribution in [0.15, 0.2) is 84.9 Å². The number of thioether (sulfide) groups is 1. The van der Waals surface area contributed by atoms with Gasteiger partial charge in [0, 0.05) is 12.3 Å². The van der Waals surface area contributed by atoms with Crippen LogP contribution in [-0.2, 0) is 11.4 Å². The molecule has 2 atom stereocenters. The lowest BCUT2D eigenvalue weighted by molar-refractivity contribution is -0.133. The summed E-state index contributed by atoms with van der Waals surface area (Å²) in [6.07, 6.45) is 0.809. The smallest absolute Gasteiger partial charge is 0.231 e. The molecule has 4 rings (SSSR count). The number of amides is 1. The number of ether oxygens (including phenoxy) is 1. The van der Waals surface area contributed by atoms with Gasteiger partial charge in [-0.2, -0.15) is 0 Å². The SMILES string of the molecule is CC[C@H](C(=O)N1CCS[C@H]1c1ccc(OCc2ccccc2)cc1)c1ccccc1. The van der Waals surface area contributed by atoms with Crippen LogP contribution in [0.2, 0.25) is 0 Å². The van der Waals surface area contributed by atoms with E-state index in [2.05, 4.69) is 43.3 Å². The third-order valence-electron chi connectivity index (χ3n) is 5.50. The molecule has 1 fully saturated rings. The first kappa shape index (κ1) is 20.5. The fourth-order valence-corrected chi connectivity index (χ4v) is 5.14. The lowest BCUT2D eigenvalue weighted by Gasteiger charge is -2.28. The second-order valence-corrected chi connectivity index (χ2v) is 8.66. The fourth-order valence-electron chi connectivity index (χ4n) is 3.88. The fraction of sp³-hybridized carbons (Fsp3) is 0.269. The van der Waals surface area contributed by atoms with E-state index < -0.39 is 0 Å². The molecule has 1 aliphatic rings. The summed E-state index contributed by atoms with van der Waals surface area (Å²) in [6, 6.07) is 28.5. The van der Waals surface area contributed by atoms with Crippen molar-refractivity contribution in [2.45, 2.75) is 31.2 Å². The minimum atomic E-state index is -0.0825. The van der Waals surface area contributed by atoms with Crippen molar-refractivity contribution in [2.24, 2.45) is 0 Å². The van der Waals surface area contributed by atoms with Crippen LogP contribution in [0.1, 0.15) is 41.3 Å². The lowest BCUT2D eigenvalue weighted by atomic mass is 9.95. The van der Waals surface area contributed by atoms with E-state index >= 15 is 0 Å². The highest BCUT2D eigenvalue weighted by molar-refractivity contribution is 7.99. The standard InChI is InChI=1S/C26H27NO2S/c1-2-24(21-11-7-4-8-12-21)25(28)27-17-18-30-26(27)22-13-15-23(16-14-22)29-19-20-9-5-3-6-10-20/h3-16,24,26H,2,17-19H2,1H3/t24-,26-/m0/s1. The molecule has 0 spiro atoms. The molecule has 1 heterocycles. The molecular formula is C26H27NO2S. The van der Waals surface area contributed by atoms with Crippen LogP contribution < -0.4 is 4.74 Å². The number of hydrogen-bond donors (Lipinski definition) is 0. The summed E-state index contributed by atoms with van der Waals surface area (Å²) >= 11 is 1.84. The predicted octanol–water partition coefficient (Wildman–Crippen LogP) is 6.03. The van der Waals surface area contributed by atoms with Crippen LogP contribution in [0.5, 0.6) is 5.75 Å². The Labute approximate surface area is 183 Å². The molecule has 0 aliphatic carbocycles. The number of carbonyl (C=O) groups is 1. The van der Waals surface area contributed by atoms with E-state index in [4.69, 9.17) is 4.74 Å². The summed E-state index contributed by atoms with van der Waals surface area (Å²) in [5.41, 5.74) is 3.40. The molecule has 3 aromatic rings. The Hall–Kier alpha value is -2.72. The Kier molecular flexibility index (Phi) is 6.75. The van der Waals surface area contributed by atoms with Crippen molar-refractivity contribution < 1.29 is 9.53 Å². The maximum atomic E-state index is 13.4. The first-order valence-electron chi connectivity index (χ1n) is 10.5. The monoisotopic (exact) mass is 417 g/mol. The van der Waals surface area contributed by atoms with Crippen molar-refractivity contribution in [3.8, 4) is 5.75 Å². The van der Waals surface area contributed by atoms with Crippen LogP contribution in [0.25, 0.3) is 0 Å². The largest absolute Gasteiger partial charge is 0.489 e. The van der Waals surface area contributed by atoms with Crippen molar-refractivity contribution in [3.63, 3.8) is 0 Å². The lowest BCUT2D eigenvalue weighted by Crippen LogP contribution is -2.34. The summed E-state index contributed by atoms with van der Waals surface area (Å²) in [5, 5.41) is 0.0680. The quantitative estimate of drug-likeness (QED) is 0.470.